The first kappa shape index (κ1) is 24.2. The molecule has 11 heteroatoms. The van der Waals surface area contributed by atoms with Gasteiger partial charge in [0.15, 0.2) is 12.4 Å². The van der Waals surface area contributed by atoms with Crippen LogP contribution in [0.4, 0.5) is 15.8 Å². The summed E-state index contributed by atoms with van der Waals surface area (Å²) >= 11 is 7.09. The molecule has 1 amide bonds. The highest BCUT2D eigenvalue weighted by molar-refractivity contribution is 7.99. The molecule has 4 rings (SSSR count). The average molecular weight is 513 g/mol. The normalized spacial score (nSPS) is 10.7. The van der Waals surface area contributed by atoms with Crippen LogP contribution in [0.5, 0.6) is 5.75 Å². The first-order chi connectivity index (χ1) is 16.8. The van der Waals surface area contributed by atoms with Crippen LogP contribution in [0.2, 0.25) is 5.02 Å². The fraction of sp³-hybridized carbons (Fsp3) is 0.0833. The Balaban J connectivity index is 1.45. The number of benzene rings is 3. The summed E-state index contributed by atoms with van der Waals surface area (Å²) in [6, 6.07) is 17.6. The lowest BCUT2D eigenvalue weighted by Crippen LogP contribution is -2.14. The highest BCUT2D eigenvalue weighted by atomic mass is 35.5. The van der Waals surface area contributed by atoms with E-state index in [0.29, 0.717) is 10.6 Å². The highest BCUT2D eigenvalue weighted by Gasteiger charge is 2.15. The topological polar surface area (TPSA) is 99.3 Å². The van der Waals surface area contributed by atoms with Crippen molar-refractivity contribution >= 4 is 40.6 Å². The Morgan fingerprint density at radius 2 is 1.91 bits per heavy atom. The molecule has 0 saturated heterocycles. The molecule has 0 aliphatic heterocycles. The maximum absolute atomic E-state index is 13.3. The van der Waals surface area contributed by atoms with Crippen molar-refractivity contribution in [2.24, 2.45) is 0 Å². The molecular formula is C24H18ClFN4O4S. The molecule has 178 valence electrons. The Kier molecular flexibility index (Phi) is 7.33. The van der Waals surface area contributed by atoms with Crippen molar-refractivity contribution in [2.45, 2.75) is 23.4 Å². The molecule has 1 N–H and O–H groups in total. The molecule has 0 unspecified atom stereocenters. The SMILES string of the molecule is Cc1ccc(Sc2cc(NC(=O)c3ccn(COc4ccc(F)c(Cl)c4)n3)cc([N+](=O)[O-])c2)cc1. The number of carbonyl (C=O) groups excluding carboxylic acids is 1. The zero-order valence-corrected chi connectivity index (χ0v) is 19.8. The number of aromatic nitrogens is 2. The third-order valence-corrected chi connectivity index (χ3v) is 6.01. The van der Waals surface area contributed by atoms with E-state index < -0.39 is 16.6 Å². The zero-order valence-electron chi connectivity index (χ0n) is 18.3. The molecule has 1 heterocycles. The summed E-state index contributed by atoms with van der Waals surface area (Å²) in [6.45, 7) is 1.94. The number of hydrogen-bond acceptors (Lipinski definition) is 6. The second-order valence-corrected chi connectivity index (χ2v) is 8.99. The summed E-state index contributed by atoms with van der Waals surface area (Å²) in [7, 11) is 0. The lowest BCUT2D eigenvalue weighted by atomic mass is 10.2. The van der Waals surface area contributed by atoms with Gasteiger partial charge in [-0.1, -0.05) is 41.1 Å². The standard InChI is InChI=1S/C24H18ClFN4O4S/c1-15-2-5-19(6-3-15)35-20-11-16(10-17(12-20)30(32)33)27-24(31)23-8-9-29(28-23)14-34-18-4-7-22(26)21(25)13-18/h2-13H,14H2,1H3,(H,27,31). The van der Waals surface area contributed by atoms with Crippen LogP contribution in [0.3, 0.4) is 0 Å². The third-order valence-electron chi connectivity index (χ3n) is 4.74. The van der Waals surface area contributed by atoms with E-state index in [4.69, 9.17) is 16.3 Å². The van der Waals surface area contributed by atoms with E-state index in [1.54, 1.807) is 6.07 Å². The van der Waals surface area contributed by atoms with Crippen molar-refractivity contribution in [3.63, 3.8) is 0 Å². The first-order valence-corrected chi connectivity index (χ1v) is 11.4. The number of nitrogens with zero attached hydrogens (tertiary/aromatic N) is 3. The van der Waals surface area contributed by atoms with Gasteiger partial charge in [-0.15, -0.1) is 0 Å². The van der Waals surface area contributed by atoms with E-state index in [-0.39, 0.29) is 28.8 Å². The third kappa shape index (κ3) is 6.37. The van der Waals surface area contributed by atoms with Gasteiger partial charge in [0.2, 0.25) is 0 Å². The molecule has 0 aliphatic rings. The van der Waals surface area contributed by atoms with Gasteiger partial charge in [0, 0.05) is 39.9 Å². The lowest BCUT2D eigenvalue weighted by Gasteiger charge is -2.08. The fourth-order valence-electron chi connectivity index (χ4n) is 3.02. The molecule has 3 aromatic carbocycles. The van der Waals surface area contributed by atoms with E-state index in [9.17, 15) is 19.3 Å². The molecule has 1 aromatic heterocycles. The predicted molar refractivity (Wildman–Crippen MR) is 131 cm³/mol. The summed E-state index contributed by atoms with van der Waals surface area (Å²) in [5.41, 5.74) is 1.32. The molecule has 0 radical (unpaired) electrons. The molecule has 0 bridgehead atoms. The summed E-state index contributed by atoms with van der Waals surface area (Å²) < 4.78 is 20.1. The van der Waals surface area contributed by atoms with Crippen molar-refractivity contribution < 1.29 is 18.8 Å². The van der Waals surface area contributed by atoms with Gasteiger partial charge in [0.05, 0.1) is 9.95 Å². The Bertz CT molecular complexity index is 1390. The largest absolute Gasteiger partial charge is 0.471 e. The number of rotatable bonds is 8. The van der Waals surface area contributed by atoms with Crippen molar-refractivity contribution in [1.29, 1.82) is 0 Å². The summed E-state index contributed by atoms with van der Waals surface area (Å²) in [5, 5.41) is 18.2. The number of carbonyl (C=O) groups is 1. The monoisotopic (exact) mass is 512 g/mol. The summed E-state index contributed by atoms with van der Waals surface area (Å²) in [5.74, 6) is -0.757. The van der Waals surface area contributed by atoms with Crippen molar-refractivity contribution in [3.8, 4) is 5.75 Å². The van der Waals surface area contributed by atoms with Gasteiger partial charge >= 0.3 is 0 Å². The smallest absolute Gasteiger partial charge is 0.276 e. The van der Waals surface area contributed by atoms with Gasteiger partial charge in [-0.05, 0) is 43.3 Å². The first-order valence-electron chi connectivity index (χ1n) is 10.2. The molecule has 0 atom stereocenters. The quantitative estimate of drug-likeness (QED) is 0.219. The Morgan fingerprint density at radius 3 is 2.63 bits per heavy atom. The number of nitrogens with one attached hydrogen (secondary N) is 1. The predicted octanol–water partition coefficient (Wildman–Crippen LogP) is 6.33. The molecule has 35 heavy (non-hydrogen) atoms. The van der Waals surface area contributed by atoms with Gasteiger partial charge in [-0.25, -0.2) is 9.07 Å². The fourth-order valence-corrected chi connectivity index (χ4v) is 4.10. The average Bonchev–Trinajstić information content (AvgIpc) is 3.30. The second kappa shape index (κ2) is 10.6. The van der Waals surface area contributed by atoms with Crippen LogP contribution >= 0.6 is 23.4 Å². The van der Waals surface area contributed by atoms with Gasteiger partial charge < -0.3 is 10.1 Å². The van der Waals surface area contributed by atoms with E-state index in [0.717, 1.165) is 10.5 Å². The van der Waals surface area contributed by atoms with Crippen LogP contribution in [-0.2, 0) is 6.73 Å². The van der Waals surface area contributed by atoms with E-state index in [1.165, 1.54) is 59.0 Å². The number of aryl methyl sites for hydroxylation is 1. The lowest BCUT2D eigenvalue weighted by molar-refractivity contribution is -0.385. The highest BCUT2D eigenvalue weighted by Crippen LogP contribution is 2.33. The van der Waals surface area contributed by atoms with Crippen LogP contribution in [0, 0.1) is 22.9 Å². The van der Waals surface area contributed by atoms with E-state index >= 15 is 0 Å². The molecule has 8 nitrogen and oxygen atoms in total. The maximum atomic E-state index is 13.3. The van der Waals surface area contributed by atoms with Crippen molar-refractivity contribution in [1.82, 2.24) is 9.78 Å². The second-order valence-electron chi connectivity index (χ2n) is 7.43. The van der Waals surface area contributed by atoms with Crippen molar-refractivity contribution in [3.05, 3.63) is 105 Å². The van der Waals surface area contributed by atoms with Crippen LogP contribution in [-0.4, -0.2) is 20.6 Å². The molecule has 4 aromatic rings. The van der Waals surface area contributed by atoms with Gasteiger partial charge in [0.1, 0.15) is 11.6 Å². The van der Waals surface area contributed by atoms with Gasteiger partial charge in [-0.3, -0.25) is 14.9 Å². The minimum atomic E-state index is -0.557. The van der Waals surface area contributed by atoms with Crippen molar-refractivity contribution in [2.75, 3.05) is 5.32 Å². The van der Waals surface area contributed by atoms with Crippen LogP contribution in [0.15, 0.2) is 82.7 Å². The van der Waals surface area contributed by atoms with Gasteiger partial charge in [-0.2, -0.15) is 5.10 Å². The number of non-ortho nitro benzene ring substituents is 1. The number of ether oxygens (including phenoxy) is 1. The minimum absolute atomic E-state index is 0.0383. The zero-order chi connectivity index (χ0) is 24.9. The Morgan fingerprint density at radius 1 is 1.14 bits per heavy atom. The number of anilines is 1. The maximum Gasteiger partial charge on any atom is 0.276 e. The Labute approximate surface area is 208 Å². The van der Waals surface area contributed by atoms with Crippen LogP contribution in [0.1, 0.15) is 16.1 Å². The summed E-state index contributed by atoms with van der Waals surface area (Å²) in [6.07, 6.45) is 1.53. The van der Waals surface area contributed by atoms with Gasteiger partial charge in [0.25, 0.3) is 11.6 Å². The number of halogens is 2. The Hall–Kier alpha value is -3.89. The minimum Gasteiger partial charge on any atom is -0.471 e. The molecule has 0 saturated carbocycles. The summed E-state index contributed by atoms with van der Waals surface area (Å²) in [4.78, 5) is 25.1. The number of hydrogen-bond donors (Lipinski definition) is 1. The van der Waals surface area contributed by atoms with Crippen LogP contribution < -0.4 is 10.1 Å². The number of amides is 1. The number of nitro groups is 1. The molecule has 0 aliphatic carbocycles. The number of nitro benzene ring substituents is 1. The molecule has 0 fully saturated rings. The van der Waals surface area contributed by atoms with E-state index in [2.05, 4.69) is 10.4 Å². The van der Waals surface area contributed by atoms with Crippen LogP contribution in [0.25, 0.3) is 0 Å². The van der Waals surface area contributed by atoms with E-state index in [1.807, 2.05) is 31.2 Å². The molecule has 0 spiro atoms. The molecular weight excluding hydrogens is 495 g/mol.